The van der Waals surface area contributed by atoms with Crippen LogP contribution in [0.2, 0.25) is 5.02 Å². The third-order valence-electron chi connectivity index (χ3n) is 2.89. The van der Waals surface area contributed by atoms with Gasteiger partial charge in [-0.3, -0.25) is 0 Å². The highest BCUT2D eigenvalue weighted by Crippen LogP contribution is 2.20. The van der Waals surface area contributed by atoms with Gasteiger partial charge in [0.25, 0.3) is 0 Å². The second kappa shape index (κ2) is 7.87. The Balaban J connectivity index is 2.12. The molecule has 0 saturated heterocycles. The molecule has 1 heterocycles. The molecule has 0 radical (unpaired) electrons. The Labute approximate surface area is 139 Å². The molecule has 1 aromatic heterocycles. The van der Waals surface area contributed by atoms with Crippen molar-refractivity contribution in [2.45, 2.75) is 20.4 Å². The number of halogens is 2. The predicted molar refractivity (Wildman–Crippen MR) is 89.5 cm³/mol. The number of oxime groups is 1. The molecule has 1 aromatic carbocycles. The summed E-state index contributed by atoms with van der Waals surface area (Å²) in [6.07, 6.45) is 2.69. The van der Waals surface area contributed by atoms with Crippen molar-refractivity contribution in [3.8, 4) is 6.01 Å². The van der Waals surface area contributed by atoms with Gasteiger partial charge < -0.3 is 9.74 Å². The molecule has 0 aliphatic heterocycles. The summed E-state index contributed by atoms with van der Waals surface area (Å²) in [6.45, 7) is 4.40. The standard InChI is InChI=1S/C16H18ClFN4O/c1-11(2)8-20-23-16-19-9-14(18)15(21-16)22(3)10-12-4-6-13(17)7-5-12/h4-9,11H,10H2,1-3H3. The SMILES string of the molecule is CC(C)C=NOc1ncc(F)c(N(C)Cc2ccc(Cl)cc2)n1. The molecule has 0 unspecified atom stereocenters. The van der Waals surface area contributed by atoms with Gasteiger partial charge in [-0.1, -0.05) is 42.7 Å². The number of nitrogens with zero attached hydrogens (tertiary/aromatic N) is 4. The van der Waals surface area contributed by atoms with E-state index in [4.69, 9.17) is 16.4 Å². The minimum atomic E-state index is -0.526. The predicted octanol–water partition coefficient (Wildman–Crippen LogP) is 3.93. The lowest BCUT2D eigenvalue weighted by atomic mass is 10.2. The average Bonchev–Trinajstić information content (AvgIpc) is 2.51. The topological polar surface area (TPSA) is 50.6 Å². The number of benzene rings is 1. The first-order valence-corrected chi connectivity index (χ1v) is 7.52. The van der Waals surface area contributed by atoms with Gasteiger partial charge in [0.15, 0.2) is 11.6 Å². The number of anilines is 1. The van der Waals surface area contributed by atoms with Crippen LogP contribution in [0.5, 0.6) is 6.01 Å². The van der Waals surface area contributed by atoms with Crippen molar-refractivity contribution in [2.75, 3.05) is 11.9 Å². The summed E-state index contributed by atoms with van der Waals surface area (Å²) in [5.41, 5.74) is 0.982. The summed E-state index contributed by atoms with van der Waals surface area (Å²) in [5, 5.41) is 4.42. The summed E-state index contributed by atoms with van der Waals surface area (Å²) in [5.74, 6) is -0.145. The molecule has 5 nitrogen and oxygen atoms in total. The highest BCUT2D eigenvalue weighted by molar-refractivity contribution is 6.30. The fourth-order valence-corrected chi connectivity index (χ4v) is 1.92. The van der Waals surface area contributed by atoms with Crippen molar-refractivity contribution >= 4 is 23.6 Å². The maximum absolute atomic E-state index is 14.0. The molecule has 0 atom stereocenters. The molecule has 0 aliphatic carbocycles. The summed E-state index contributed by atoms with van der Waals surface area (Å²) in [4.78, 5) is 14.6. The lowest BCUT2D eigenvalue weighted by Gasteiger charge is -2.18. The summed E-state index contributed by atoms with van der Waals surface area (Å²) in [6, 6.07) is 7.33. The fraction of sp³-hybridized carbons (Fsp3) is 0.312. The molecule has 122 valence electrons. The van der Waals surface area contributed by atoms with Crippen LogP contribution in [0, 0.1) is 11.7 Å². The van der Waals surface area contributed by atoms with E-state index in [1.165, 1.54) is 0 Å². The van der Waals surface area contributed by atoms with E-state index in [2.05, 4.69) is 15.1 Å². The third-order valence-corrected chi connectivity index (χ3v) is 3.14. The zero-order valence-corrected chi connectivity index (χ0v) is 14.0. The van der Waals surface area contributed by atoms with Crippen LogP contribution < -0.4 is 9.74 Å². The molecule has 0 spiro atoms. The van der Waals surface area contributed by atoms with E-state index < -0.39 is 5.82 Å². The molecule has 0 aliphatic rings. The second-order valence-electron chi connectivity index (χ2n) is 5.40. The number of aromatic nitrogens is 2. The van der Waals surface area contributed by atoms with Gasteiger partial charge in [0.1, 0.15) is 0 Å². The van der Waals surface area contributed by atoms with E-state index in [1.54, 1.807) is 30.3 Å². The zero-order chi connectivity index (χ0) is 16.8. The molecule has 0 saturated carbocycles. The lowest BCUT2D eigenvalue weighted by molar-refractivity contribution is 0.311. The van der Waals surface area contributed by atoms with E-state index in [0.29, 0.717) is 11.6 Å². The first kappa shape index (κ1) is 17.1. The van der Waals surface area contributed by atoms with Gasteiger partial charge in [-0.15, -0.1) is 0 Å². The highest BCUT2D eigenvalue weighted by Gasteiger charge is 2.13. The molecule has 2 rings (SSSR count). The molecular weight excluding hydrogens is 319 g/mol. The van der Waals surface area contributed by atoms with E-state index >= 15 is 0 Å². The second-order valence-corrected chi connectivity index (χ2v) is 5.83. The first-order chi connectivity index (χ1) is 11.0. The van der Waals surface area contributed by atoms with Crippen molar-refractivity contribution in [1.29, 1.82) is 0 Å². The molecule has 0 fully saturated rings. The molecule has 7 heteroatoms. The third kappa shape index (κ3) is 5.17. The summed E-state index contributed by atoms with van der Waals surface area (Å²) < 4.78 is 14.0. The largest absolute Gasteiger partial charge is 0.353 e. The number of hydrogen-bond acceptors (Lipinski definition) is 5. The Morgan fingerprint density at radius 3 is 2.70 bits per heavy atom. The minimum Gasteiger partial charge on any atom is -0.353 e. The van der Waals surface area contributed by atoms with Crippen molar-refractivity contribution in [1.82, 2.24) is 9.97 Å². The van der Waals surface area contributed by atoms with Gasteiger partial charge in [-0.25, -0.2) is 4.39 Å². The Morgan fingerprint density at radius 2 is 2.04 bits per heavy atom. The van der Waals surface area contributed by atoms with E-state index in [0.717, 1.165) is 11.8 Å². The van der Waals surface area contributed by atoms with Gasteiger partial charge in [0.05, 0.1) is 6.20 Å². The molecular formula is C16H18ClFN4O. The van der Waals surface area contributed by atoms with E-state index in [9.17, 15) is 4.39 Å². The zero-order valence-electron chi connectivity index (χ0n) is 13.2. The first-order valence-electron chi connectivity index (χ1n) is 7.14. The van der Waals surface area contributed by atoms with Crippen LogP contribution in [0.15, 0.2) is 35.6 Å². The van der Waals surface area contributed by atoms with Gasteiger partial charge in [-0.2, -0.15) is 9.97 Å². The van der Waals surface area contributed by atoms with E-state index in [1.807, 2.05) is 26.0 Å². The lowest BCUT2D eigenvalue weighted by Crippen LogP contribution is -2.19. The average molecular weight is 337 g/mol. The smallest absolute Gasteiger partial charge is 0.347 e. The van der Waals surface area contributed by atoms with Crippen LogP contribution in [-0.2, 0) is 6.54 Å². The van der Waals surface area contributed by atoms with Gasteiger partial charge in [0, 0.05) is 24.8 Å². The molecule has 0 amide bonds. The quantitative estimate of drug-likeness (QED) is 0.592. The molecule has 0 bridgehead atoms. The fourth-order valence-electron chi connectivity index (χ4n) is 1.79. The monoisotopic (exact) mass is 336 g/mol. The van der Waals surface area contributed by atoms with Crippen molar-refractivity contribution < 1.29 is 9.23 Å². The van der Waals surface area contributed by atoms with Crippen molar-refractivity contribution in [2.24, 2.45) is 11.1 Å². The van der Waals surface area contributed by atoms with Crippen LogP contribution in [0.4, 0.5) is 10.2 Å². The van der Waals surface area contributed by atoms with E-state index in [-0.39, 0.29) is 17.7 Å². The Hall–Kier alpha value is -2.21. The maximum atomic E-state index is 14.0. The van der Waals surface area contributed by atoms with Crippen molar-refractivity contribution in [3.05, 3.63) is 46.9 Å². The molecule has 0 N–H and O–H groups in total. The Kier molecular flexibility index (Phi) is 5.87. The van der Waals surface area contributed by atoms with Crippen LogP contribution in [0.25, 0.3) is 0 Å². The minimum absolute atomic E-state index is 0.00116. The summed E-state index contributed by atoms with van der Waals surface area (Å²) in [7, 11) is 1.74. The van der Waals surface area contributed by atoms with Crippen LogP contribution in [-0.4, -0.2) is 23.2 Å². The van der Waals surface area contributed by atoms with Gasteiger partial charge >= 0.3 is 6.01 Å². The molecule has 23 heavy (non-hydrogen) atoms. The van der Waals surface area contributed by atoms with Crippen LogP contribution in [0.1, 0.15) is 19.4 Å². The normalized spacial score (nSPS) is 11.2. The Morgan fingerprint density at radius 1 is 1.35 bits per heavy atom. The maximum Gasteiger partial charge on any atom is 0.347 e. The molecule has 2 aromatic rings. The highest BCUT2D eigenvalue weighted by atomic mass is 35.5. The summed E-state index contributed by atoms with van der Waals surface area (Å²) >= 11 is 5.86. The Bertz CT molecular complexity index is 676. The number of rotatable bonds is 6. The van der Waals surface area contributed by atoms with Gasteiger partial charge in [-0.05, 0) is 23.6 Å². The van der Waals surface area contributed by atoms with Gasteiger partial charge in [0.2, 0.25) is 0 Å². The number of hydrogen-bond donors (Lipinski definition) is 0. The van der Waals surface area contributed by atoms with Crippen LogP contribution >= 0.6 is 11.6 Å². The van der Waals surface area contributed by atoms with Crippen LogP contribution in [0.3, 0.4) is 0 Å². The van der Waals surface area contributed by atoms with Crippen molar-refractivity contribution in [3.63, 3.8) is 0 Å².